The summed E-state index contributed by atoms with van der Waals surface area (Å²) >= 11 is 0. The number of hydrogen-bond donors (Lipinski definition) is 0. The second-order valence-corrected chi connectivity index (χ2v) is 11.7. The SMILES string of the molecule is CC1(C2CC=CCC2P(C2CCCCC2)C2CCCCC2)OC=CO1. The fourth-order valence-electron chi connectivity index (χ4n) is 5.82. The van der Waals surface area contributed by atoms with Crippen molar-refractivity contribution in [1.82, 2.24) is 0 Å². The average molecular weight is 362 g/mol. The van der Waals surface area contributed by atoms with Gasteiger partial charge in [-0.25, -0.2) is 0 Å². The number of hydrogen-bond acceptors (Lipinski definition) is 2. The Morgan fingerprint density at radius 1 is 0.760 bits per heavy atom. The Bertz CT molecular complexity index is 462. The van der Waals surface area contributed by atoms with E-state index in [1.807, 2.05) is 0 Å². The fraction of sp³-hybridized carbons (Fsp3) is 0.818. The second kappa shape index (κ2) is 8.03. The molecule has 3 heteroatoms. The first kappa shape index (κ1) is 17.9. The molecule has 140 valence electrons. The molecule has 0 aromatic rings. The van der Waals surface area contributed by atoms with Crippen LogP contribution in [0.25, 0.3) is 0 Å². The third-order valence-corrected chi connectivity index (χ3v) is 11.2. The molecule has 2 nitrogen and oxygen atoms in total. The molecule has 2 atom stereocenters. The van der Waals surface area contributed by atoms with Crippen LogP contribution in [0, 0.1) is 5.92 Å². The lowest BCUT2D eigenvalue weighted by atomic mass is 9.87. The molecule has 0 aromatic carbocycles. The van der Waals surface area contributed by atoms with E-state index in [2.05, 4.69) is 19.1 Å². The first-order valence-corrected chi connectivity index (χ1v) is 12.3. The van der Waals surface area contributed by atoms with E-state index >= 15 is 0 Å². The minimum atomic E-state index is -0.431. The van der Waals surface area contributed by atoms with E-state index in [1.165, 1.54) is 70.6 Å². The van der Waals surface area contributed by atoms with Gasteiger partial charge in [-0.1, -0.05) is 58.6 Å². The van der Waals surface area contributed by atoms with Crippen LogP contribution in [0.5, 0.6) is 0 Å². The Morgan fingerprint density at radius 2 is 1.28 bits per heavy atom. The average Bonchev–Trinajstić information content (AvgIpc) is 3.12. The molecule has 0 amide bonds. The van der Waals surface area contributed by atoms with Crippen LogP contribution in [0.3, 0.4) is 0 Å². The molecule has 0 aromatic heterocycles. The molecule has 2 saturated carbocycles. The van der Waals surface area contributed by atoms with Gasteiger partial charge in [0.2, 0.25) is 0 Å². The van der Waals surface area contributed by atoms with Crippen LogP contribution in [0.15, 0.2) is 24.7 Å². The minimum Gasteiger partial charge on any atom is -0.457 e. The Balaban J connectivity index is 1.60. The van der Waals surface area contributed by atoms with Crippen molar-refractivity contribution < 1.29 is 9.47 Å². The Kier molecular flexibility index (Phi) is 5.75. The summed E-state index contributed by atoms with van der Waals surface area (Å²) in [5.74, 6) is 0.0850. The normalized spacial score (nSPS) is 33.4. The summed E-state index contributed by atoms with van der Waals surface area (Å²) in [6.07, 6.45) is 25.5. The summed E-state index contributed by atoms with van der Waals surface area (Å²) in [5, 5.41) is 0. The van der Waals surface area contributed by atoms with Crippen molar-refractivity contribution in [3.63, 3.8) is 0 Å². The predicted octanol–water partition coefficient (Wildman–Crippen LogP) is 6.70. The van der Waals surface area contributed by atoms with Gasteiger partial charge in [0.05, 0.1) is 0 Å². The molecule has 2 unspecified atom stereocenters. The Labute approximate surface area is 155 Å². The van der Waals surface area contributed by atoms with Gasteiger partial charge in [0, 0.05) is 12.8 Å². The zero-order chi connectivity index (χ0) is 17.1. The molecule has 0 radical (unpaired) electrons. The smallest absolute Gasteiger partial charge is 0.250 e. The molecule has 3 aliphatic carbocycles. The van der Waals surface area contributed by atoms with Crippen molar-refractivity contribution >= 4 is 7.92 Å². The molecule has 0 bridgehead atoms. The highest BCUT2D eigenvalue weighted by molar-refractivity contribution is 7.60. The van der Waals surface area contributed by atoms with Crippen LogP contribution in [0.1, 0.15) is 84.0 Å². The first-order valence-electron chi connectivity index (χ1n) is 10.7. The maximum absolute atomic E-state index is 6.01. The molecule has 0 spiro atoms. The lowest BCUT2D eigenvalue weighted by Crippen LogP contribution is -2.45. The van der Waals surface area contributed by atoms with Crippen LogP contribution in [0.4, 0.5) is 0 Å². The van der Waals surface area contributed by atoms with Crippen molar-refractivity contribution in [3.05, 3.63) is 24.7 Å². The van der Waals surface area contributed by atoms with Crippen molar-refractivity contribution in [2.75, 3.05) is 0 Å². The van der Waals surface area contributed by atoms with Gasteiger partial charge in [-0.05, 0) is 55.5 Å². The van der Waals surface area contributed by atoms with Gasteiger partial charge < -0.3 is 9.47 Å². The molecule has 2 fully saturated rings. The quantitative estimate of drug-likeness (QED) is 0.409. The van der Waals surface area contributed by atoms with Gasteiger partial charge >= 0.3 is 0 Å². The Morgan fingerprint density at radius 3 is 1.84 bits per heavy atom. The van der Waals surface area contributed by atoms with Gasteiger partial charge in [-0.3, -0.25) is 0 Å². The van der Waals surface area contributed by atoms with Crippen LogP contribution in [-0.2, 0) is 9.47 Å². The van der Waals surface area contributed by atoms with E-state index in [0.29, 0.717) is 5.92 Å². The van der Waals surface area contributed by atoms with Gasteiger partial charge in [0.1, 0.15) is 12.5 Å². The van der Waals surface area contributed by atoms with E-state index < -0.39 is 5.79 Å². The van der Waals surface area contributed by atoms with Crippen molar-refractivity contribution in [2.45, 2.75) is 107 Å². The number of rotatable bonds is 4. The van der Waals surface area contributed by atoms with E-state index in [1.54, 1.807) is 12.5 Å². The highest BCUT2D eigenvalue weighted by Crippen LogP contribution is 2.63. The van der Waals surface area contributed by atoms with Crippen LogP contribution < -0.4 is 0 Å². The van der Waals surface area contributed by atoms with Crippen molar-refractivity contribution in [3.8, 4) is 0 Å². The lowest BCUT2D eigenvalue weighted by molar-refractivity contribution is -0.167. The monoisotopic (exact) mass is 362 g/mol. The van der Waals surface area contributed by atoms with E-state index in [0.717, 1.165) is 23.4 Å². The maximum atomic E-state index is 6.01. The van der Waals surface area contributed by atoms with Crippen molar-refractivity contribution in [1.29, 1.82) is 0 Å². The molecule has 4 rings (SSSR count). The highest BCUT2D eigenvalue weighted by Gasteiger charge is 2.49. The molecule has 1 heterocycles. The lowest BCUT2D eigenvalue weighted by Gasteiger charge is -2.49. The van der Waals surface area contributed by atoms with Gasteiger partial charge in [-0.15, -0.1) is 0 Å². The van der Waals surface area contributed by atoms with Crippen LogP contribution in [0.2, 0.25) is 0 Å². The molecule has 0 N–H and O–H groups in total. The second-order valence-electron chi connectivity index (χ2n) is 8.67. The number of allylic oxidation sites excluding steroid dienone is 2. The third kappa shape index (κ3) is 3.80. The fourth-order valence-corrected chi connectivity index (χ4v) is 10.6. The predicted molar refractivity (Wildman–Crippen MR) is 106 cm³/mol. The summed E-state index contributed by atoms with van der Waals surface area (Å²) in [6.45, 7) is 2.18. The summed E-state index contributed by atoms with van der Waals surface area (Å²) < 4.78 is 12.0. The molecule has 25 heavy (non-hydrogen) atoms. The summed E-state index contributed by atoms with van der Waals surface area (Å²) in [7, 11) is 0.0586. The van der Waals surface area contributed by atoms with Gasteiger partial charge in [0.25, 0.3) is 5.79 Å². The van der Waals surface area contributed by atoms with Gasteiger partial charge in [0.15, 0.2) is 0 Å². The summed E-state index contributed by atoms with van der Waals surface area (Å²) in [5.41, 5.74) is 2.80. The molecular formula is C22H35O2P. The Hall–Kier alpha value is -0.490. The van der Waals surface area contributed by atoms with Crippen molar-refractivity contribution in [2.24, 2.45) is 5.92 Å². The summed E-state index contributed by atoms with van der Waals surface area (Å²) in [6, 6.07) is 0. The molecule has 1 aliphatic heterocycles. The third-order valence-electron chi connectivity index (χ3n) is 7.11. The molecular weight excluding hydrogens is 327 g/mol. The zero-order valence-corrected chi connectivity index (χ0v) is 16.8. The summed E-state index contributed by atoms with van der Waals surface area (Å²) in [4.78, 5) is 0. The van der Waals surface area contributed by atoms with E-state index in [-0.39, 0.29) is 7.92 Å². The first-order chi connectivity index (χ1) is 12.3. The topological polar surface area (TPSA) is 18.5 Å². The standard InChI is InChI=1S/C22H35O2P/c1-22(23-16-17-24-22)20-14-8-9-15-21(20)25(18-10-4-2-5-11-18)19-12-6-3-7-13-19/h8-9,16-21H,2-7,10-15H2,1H3. The van der Waals surface area contributed by atoms with Crippen LogP contribution >= 0.6 is 7.92 Å². The molecule has 0 saturated heterocycles. The van der Waals surface area contributed by atoms with Crippen LogP contribution in [-0.4, -0.2) is 22.8 Å². The maximum Gasteiger partial charge on any atom is 0.250 e. The molecule has 4 aliphatic rings. The minimum absolute atomic E-state index is 0.0586. The zero-order valence-electron chi connectivity index (χ0n) is 15.9. The largest absolute Gasteiger partial charge is 0.457 e. The van der Waals surface area contributed by atoms with E-state index in [4.69, 9.17) is 9.47 Å². The number of ether oxygens (including phenoxy) is 2. The van der Waals surface area contributed by atoms with E-state index in [9.17, 15) is 0 Å². The highest BCUT2D eigenvalue weighted by atomic mass is 31.1. The van der Waals surface area contributed by atoms with Gasteiger partial charge in [-0.2, -0.15) is 0 Å².